The number of ether oxygens (including phenoxy) is 1. The molecule has 0 N–H and O–H groups in total. The van der Waals surface area contributed by atoms with Gasteiger partial charge in [-0.3, -0.25) is 0 Å². The Kier molecular flexibility index (Phi) is 2.39. The van der Waals surface area contributed by atoms with Gasteiger partial charge in [0.15, 0.2) is 6.10 Å². The van der Waals surface area contributed by atoms with E-state index in [2.05, 4.69) is 0 Å². The van der Waals surface area contributed by atoms with Crippen molar-refractivity contribution in [2.24, 2.45) is 23.2 Å². The lowest BCUT2D eigenvalue weighted by Crippen LogP contribution is -2.58. The molecule has 4 aliphatic carbocycles. The van der Waals surface area contributed by atoms with Crippen LogP contribution in [0.3, 0.4) is 0 Å². The number of cyclic esters (lactones) is 1. The van der Waals surface area contributed by atoms with Gasteiger partial charge < -0.3 is 4.74 Å². The first-order chi connectivity index (χ1) is 8.96. The largest absolute Gasteiger partial charge is 0.429 e. The smallest absolute Gasteiger partial charge is 0.341 e. The van der Waals surface area contributed by atoms with Crippen molar-refractivity contribution in [2.45, 2.75) is 64.3 Å². The van der Waals surface area contributed by atoms with E-state index in [0.717, 1.165) is 37.0 Å². The van der Waals surface area contributed by atoms with Crippen molar-refractivity contribution in [1.29, 1.82) is 0 Å². The Labute approximate surface area is 113 Å². The van der Waals surface area contributed by atoms with Crippen LogP contribution in [0, 0.1) is 23.2 Å². The molecule has 4 nitrogen and oxygen atoms in total. The van der Waals surface area contributed by atoms with Crippen LogP contribution in [0.1, 0.15) is 52.4 Å². The molecule has 0 aromatic heterocycles. The van der Waals surface area contributed by atoms with Gasteiger partial charge in [0.2, 0.25) is 5.79 Å². The molecule has 1 saturated heterocycles. The molecular formula is C15H22O4. The van der Waals surface area contributed by atoms with Gasteiger partial charge in [-0.2, -0.15) is 4.89 Å². The molecule has 0 aromatic carbocycles. The molecule has 1 unspecified atom stereocenters. The van der Waals surface area contributed by atoms with Gasteiger partial charge in [0.1, 0.15) is 0 Å². The van der Waals surface area contributed by atoms with Crippen molar-refractivity contribution in [3.63, 3.8) is 0 Å². The van der Waals surface area contributed by atoms with Crippen molar-refractivity contribution in [1.82, 2.24) is 0 Å². The highest BCUT2D eigenvalue weighted by Crippen LogP contribution is 2.62. The van der Waals surface area contributed by atoms with Gasteiger partial charge in [-0.1, -0.05) is 0 Å². The van der Waals surface area contributed by atoms with E-state index in [0.29, 0.717) is 0 Å². The summed E-state index contributed by atoms with van der Waals surface area (Å²) in [5, 5.41) is 0. The Balaban J connectivity index is 1.60. The molecule has 19 heavy (non-hydrogen) atoms. The molecule has 1 heterocycles. The summed E-state index contributed by atoms with van der Waals surface area (Å²) in [6, 6.07) is 0. The van der Waals surface area contributed by atoms with Crippen molar-refractivity contribution in [3.8, 4) is 0 Å². The third kappa shape index (κ3) is 1.83. The second-order valence-electron chi connectivity index (χ2n) is 7.66. The summed E-state index contributed by atoms with van der Waals surface area (Å²) in [7, 11) is 0. The minimum Gasteiger partial charge on any atom is -0.429 e. The molecule has 4 saturated carbocycles. The molecule has 0 spiro atoms. The summed E-state index contributed by atoms with van der Waals surface area (Å²) in [4.78, 5) is 23.1. The highest BCUT2D eigenvalue weighted by molar-refractivity contribution is 5.76. The molecule has 4 heteroatoms. The molecule has 5 fully saturated rings. The van der Waals surface area contributed by atoms with Gasteiger partial charge in [0.05, 0.1) is 0 Å². The topological polar surface area (TPSA) is 44.8 Å². The Morgan fingerprint density at radius 1 is 1.00 bits per heavy atom. The summed E-state index contributed by atoms with van der Waals surface area (Å²) in [6.45, 7) is 3.42. The van der Waals surface area contributed by atoms with Crippen molar-refractivity contribution < 1.29 is 19.3 Å². The first-order valence-electron chi connectivity index (χ1n) is 7.53. The van der Waals surface area contributed by atoms with Gasteiger partial charge in [-0.15, -0.1) is 0 Å². The third-order valence-corrected chi connectivity index (χ3v) is 5.55. The molecule has 1 atom stereocenters. The quantitative estimate of drug-likeness (QED) is 0.541. The lowest BCUT2D eigenvalue weighted by Gasteiger charge is -2.58. The Hall–Kier alpha value is -0.610. The van der Waals surface area contributed by atoms with E-state index in [1.807, 2.05) is 0 Å². The fourth-order valence-electron chi connectivity index (χ4n) is 5.37. The van der Waals surface area contributed by atoms with E-state index in [-0.39, 0.29) is 11.4 Å². The minimum absolute atomic E-state index is 0.0116. The van der Waals surface area contributed by atoms with Crippen LogP contribution < -0.4 is 0 Å². The third-order valence-electron chi connectivity index (χ3n) is 5.55. The summed E-state index contributed by atoms with van der Waals surface area (Å²) in [5.41, 5.74) is -0.0116. The molecule has 4 bridgehead atoms. The zero-order chi connectivity index (χ0) is 13.3. The maximum absolute atomic E-state index is 12.3. The highest BCUT2D eigenvalue weighted by Gasteiger charge is 2.59. The van der Waals surface area contributed by atoms with Crippen molar-refractivity contribution >= 4 is 5.97 Å². The average Bonchev–Trinajstić information content (AvgIpc) is 2.24. The fraction of sp³-hybridized carbons (Fsp3) is 0.933. The second-order valence-corrected chi connectivity index (χ2v) is 7.66. The molecule has 106 valence electrons. The highest BCUT2D eigenvalue weighted by atomic mass is 17.2. The van der Waals surface area contributed by atoms with Crippen LogP contribution >= 0.6 is 0 Å². The number of esters is 1. The van der Waals surface area contributed by atoms with Gasteiger partial charge in [0, 0.05) is 19.3 Å². The summed E-state index contributed by atoms with van der Waals surface area (Å²) >= 11 is 0. The summed E-state index contributed by atoms with van der Waals surface area (Å²) in [5.74, 6) is 1.20. The number of carbonyl (C=O) groups is 1. The second kappa shape index (κ2) is 3.73. The Morgan fingerprint density at radius 3 is 2.00 bits per heavy atom. The van der Waals surface area contributed by atoms with Crippen LogP contribution in [0.5, 0.6) is 0 Å². The Bertz CT molecular complexity index is 379. The predicted molar refractivity (Wildman–Crippen MR) is 66.7 cm³/mol. The normalized spacial score (nSPS) is 51.2. The molecule has 5 rings (SSSR count). The number of hydrogen-bond donors (Lipinski definition) is 0. The molecule has 0 aromatic rings. The SMILES string of the molecule is CC1(C)OOC(C23CC4CC(CC(C4)C2)C3)C(=O)O1. The molecule has 1 aliphatic heterocycles. The first-order valence-corrected chi connectivity index (χ1v) is 7.53. The predicted octanol–water partition coefficient (Wildman–Crippen LogP) is 2.81. The van der Waals surface area contributed by atoms with Crippen LogP contribution in [0.2, 0.25) is 0 Å². The van der Waals surface area contributed by atoms with Crippen LogP contribution in [0.4, 0.5) is 0 Å². The summed E-state index contributed by atoms with van der Waals surface area (Å²) in [6.07, 6.45) is 6.90. The van der Waals surface area contributed by atoms with E-state index >= 15 is 0 Å². The van der Waals surface area contributed by atoms with Crippen LogP contribution in [-0.2, 0) is 19.3 Å². The molecule has 0 amide bonds. The number of hydrogen-bond acceptors (Lipinski definition) is 4. The summed E-state index contributed by atoms with van der Waals surface area (Å²) < 4.78 is 5.39. The van der Waals surface area contributed by atoms with Gasteiger partial charge >= 0.3 is 5.97 Å². The number of rotatable bonds is 1. The van der Waals surface area contributed by atoms with E-state index in [1.54, 1.807) is 13.8 Å². The van der Waals surface area contributed by atoms with E-state index in [9.17, 15) is 4.79 Å². The van der Waals surface area contributed by atoms with E-state index in [4.69, 9.17) is 14.5 Å². The zero-order valence-electron chi connectivity index (χ0n) is 11.7. The standard InChI is InChI=1S/C15H22O4/c1-14(2)17-13(16)12(18-19-14)15-6-9-3-10(7-15)5-11(4-9)8-15/h9-12H,3-8H2,1-2H3. The van der Waals surface area contributed by atoms with Crippen LogP contribution in [0.15, 0.2) is 0 Å². The maximum Gasteiger partial charge on any atom is 0.341 e. The number of carbonyl (C=O) groups excluding carboxylic acids is 1. The van der Waals surface area contributed by atoms with E-state index in [1.165, 1.54) is 19.3 Å². The minimum atomic E-state index is -0.949. The first kappa shape index (κ1) is 12.2. The van der Waals surface area contributed by atoms with Crippen molar-refractivity contribution in [2.75, 3.05) is 0 Å². The van der Waals surface area contributed by atoms with Gasteiger partial charge in [0.25, 0.3) is 0 Å². The Morgan fingerprint density at radius 2 is 1.53 bits per heavy atom. The lowest BCUT2D eigenvalue weighted by atomic mass is 9.48. The molecule has 0 radical (unpaired) electrons. The van der Waals surface area contributed by atoms with Gasteiger partial charge in [-0.25, -0.2) is 9.68 Å². The fourth-order valence-corrected chi connectivity index (χ4v) is 5.37. The van der Waals surface area contributed by atoms with Crippen LogP contribution in [-0.4, -0.2) is 17.9 Å². The molecule has 5 aliphatic rings. The van der Waals surface area contributed by atoms with Crippen molar-refractivity contribution in [3.05, 3.63) is 0 Å². The molecular weight excluding hydrogens is 244 g/mol. The zero-order valence-corrected chi connectivity index (χ0v) is 11.7. The monoisotopic (exact) mass is 266 g/mol. The maximum atomic E-state index is 12.3. The van der Waals surface area contributed by atoms with Gasteiger partial charge in [-0.05, 0) is 56.3 Å². The van der Waals surface area contributed by atoms with E-state index < -0.39 is 11.9 Å². The lowest BCUT2D eigenvalue weighted by molar-refractivity contribution is -0.463. The van der Waals surface area contributed by atoms with Crippen LogP contribution in [0.25, 0.3) is 0 Å². The average molecular weight is 266 g/mol.